The van der Waals surface area contributed by atoms with Crippen molar-refractivity contribution < 1.29 is 4.42 Å². The Kier molecular flexibility index (Phi) is 4.97. The molecule has 11 rings (SSSR count). The minimum absolute atomic E-state index is 0.0316. The molecule has 1 aromatic heterocycles. The summed E-state index contributed by atoms with van der Waals surface area (Å²) in [6, 6.07) is 53.9. The Balaban J connectivity index is 1.25. The number of fused-ring (bicyclic) bond motifs is 6. The molecule has 1 heteroatoms. The van der Waals surface area contributed by atoms with E-state index >= 15 is 0 Å². The molecule has 0 saturated carbocycles. The lowest BCUT2D eigenvalue weighted by Gasteiger charge is -2.21. The van der Waals surface area contributed by atoms with Gasteiger partial charge in [0.2, 0.25) is 0 Å². The Morgan fingerprint density at radius 1 is 0.396 bits per heavy atom. The van der Waals surface area contributed by atoms with Crippen molar-refractivity contribution in [2.24, 2.45) is 0 Å². The third kappa shape index (κ3) is 3.31. The Morgan fingerprint density at radius 2 is 0.958 bits per heavy atom. The highest BCUT2D eigenvalue weighted by Crippen LogP contribution is 2.53. The zero-order valence-electron chi connectivity index (χ0n) is 26.8. The maximum Gasteiger partial charge on any atom is 0.136 e. The van der Waals surface area contributed by atoms with E-state index in [1.165, 1.54) is 87.2 Å². The quantitative estimate of drug-likeness (QED) is 0.140. The molecule has 0 aliphatic heterocycles. The fourth-order valence-corrected chi connectivity index (χ4v) is 8.99. The molecule has 9 aromatic carbocycles. The third-order valence-corrected chi connectivity index (χ3v) is 11.2. The van der Waals surface area contributed by atoms with Crippen LogP contribution in [0.2, 0.25) is 0 Å². The van der Waals surface area contributed by atoms with E-state index in [-0.39, 0.29) is 5.41 Å². The molecule has 0 spiro atoms. The Labute approximate surface area is 277 Å². The summed E-state index contributed by atoms with van der Waals surface area (Å²) in [4.78, 5) is 0. The summed E-state index contributed by atoms with van der Waals surface area (Å²) in [6.45, 7) is 4.75. The lowest BCUT2D eigenvalue weighted by atomic mass is 9.81. The van der Waals surface area contributed by atoms with Crippen molar-refractivity contribution in [2.75, 3.05) is 0 Å². The molecule has 0 N–H and O–H groups in total. The van der Waals surface area contributed by atoms with E-state index in [1.807, 2.05) is 0 Å². The minimum atomic E-state index is -0.0316. The second-order valence-corrected chi connectivity index (χ2v) is 14.0. The predicted octanol–water partition coefficient (Wildman–Crippen LogP) is 13.3. The van der Waals surface area contributed by atoms with Gasteiger partial charge in [-0.2, -0.15) is 0 Å². The van der Waals surface area contributed by atoms with Gasteiger partial charge in [0.1, 0.15) is 11.2 Å². The van der Waals surface area contributed by atoms with E-state index in [0.29, 0.717) is 0 Å². The van der Waals surface area contributed by atoms with E-state index < -0.39 is 0 Å². The molecular weight excluding hydrogens is 581 g/mol. The maximum atomic E-state index is 6.41. The van der Waals surface area contributed by atoms with Gasteiger partial charge in [0, 0.05) is 16.2 Å². The molecule has 10 aromatic rings. The Bertz CT molecular complexity index is 2970. The number of hydrogen-bond donors (Lipinski definition) is 0. The first kappa shape index (κ1) is 26.2. The molecule has 0 bridgehead atoms. The lowest BCUT2D eigenvalue weighted by molar-refractivity contribution is 0.663. The molecule has 1 heterocycles. The van der Waals surface area contributed by atoms with Crippen LogP contribution in [0.3, 0.4) is 0 Å². The van der Waals surface area contributed by atoms with E-state index in [1.54, 1.807) is 0 Å². The molecule has 0 amide bonds. The van der Waals surface area contributed by atoms with Crippen molar-refractivity contribution in [3.05, 3.63) is 157 Å². The summed E-state index contributed by atoms with van der Waals surface area (Å²) in [7, 11) is 0. The van der Waals surface area contributed by atoms with Crippen LogP contribution in [-0.2, 0) is 5.41 Å². The zero-order chi connectivity index (χ0) is 31.7. The highest BCUT2D eigenvalue weighted by Gasteiger charge is 2.34. The SMILES string of the molecule is CC1(C)c2cccc3cc(-c4c5ccccc5c(-c5ccc6oc7cc8ccccc8cc7c6c5)c5ccccc45)c4cccc1c4c23. The van der Waals surface area contributed by atoms with Crippen molar-refractivity contribution >= 4 is 75.8 Å². The van der Waals surface area contributed by atoms with Crippen molar-refractivity contribution in [2.45, 2.75) is 19.3 Å². The fraction of sp³-hybridized carbons (Fsp3) is 0.0638. The highest BCUT2D eigenvalue weighted by molar-refractivity contribution is 6.27. The van der Waals surface area contributed by atoms with Crippen LogP contribution in [0.25, 0.3) is 98.1 Å². The van der Waals surface area contributed by atoms with Gasteiger partial charge in [0.25, 0.3) is 0 Å². The van der Waals surface area contributed by atoms with Gasteiger partial charge in [-0.3, -0.25) is 0 Å². The van der Waals surface area contributed by atoms with Crippen LogP contribution in [0.4, 0.5) is 0 Å². The fourth-order valence-electron chi connectivity index (χ4n) is 8.99. The molecule has 0 unspecified atom stereocenters. The average molecular weight is 611 g/mol. The zero-order valence-corrected chi connectivity index (χ0v) is 26.8. The molecule has 0 radical (unpaired) electrons. The molecule has 224 valence electrons. The second kappa shape index (κ2) is 9.12. The smallest absolute Gasteiger partial charge is 0.136 e. The minimum Gasteiger partial charge on any atom is -0.456 e. The van der Waals surface area contributed by atoms with Gasteiger partial charge in [-0.25, -0.2) is 0 Å². The Morgan fingerprint density at radius 3 is 1.69 bits per heavy atom. The number of benzene rings is 9. The number of hydrogen-bond acceptors (Lipinski definition) is 1. The first-order valence-corrected chi connectivity index (χ1v) is 16.8. The summed E-state index contributed by atoms with van der Waals surface area (Å²) in [5, 5.41) is 15.3. The van der Waals surface area contributed by atoms with E-state index in [9.17, 15) is 0 Å². The molecular formula is C47H30O. The monoisotopic (exact) mass is 610 g/mol. The molecule has 0 atom stereocenters. The number of furan rings is 1. The standard InChI is InChI=1S/C47H30O/c1-47(2)39-19-9-13-29-25-38(35-18-10-20-40(47)46(35)44(29)39)45-33-16-7-5-14-31(33)43(32-15-6-8-17-34(32)45)30-21-22-41-36(24-30)37-23-27-11-3-4-12-28(27)26-42(37)48-41/h3-26H,1-2H3. The summed E-state index contributed by atoms with van der Waals surface area (Å²) in [6.07, 6.45) is 0. The first-order valence-electron chi connectivity index (χ1n) is 16.8. The predicted molar refractivity (Wildman–Crippen MR) is 204 cm³/mol. The van der Waals surface area contributed by atoms with Gasteiger partial charge < -0.3 is 4.42 Å². The average Bonchev–Trinajstić information content (AvgIpc) is 3.59. The van der Waals surface area contributed by atoms with Crippen LogP contribution in [0.5, 0.6) is 0 Å². The normalized spacial score (nSPS) is 13.8. The first-order chi connectivity index (χ1) is 23.6. The summed E-state index contributed by atoms with van der Waals surface area (Å²) >= 11 is 0. The molecule has 1 nitrogen and oxygen atoms in total. The maximum absolute atomic E-state index is 6.41. The van der Waals surface area contributed by atoms with Crippen LogP contribution in [0.1, 0.15) is 25.0 Å². The van der Waals surface area contributed by atoms with Gasteiger partial charge in [0.15, 0.2) is 0 Å². The molecule has 0 saturated heterocycles. The highest BCUT2D eigenvalue weighted by atomic mass is 16.3. The Hall–Kier alpha value is -5.92. The molecule has 1 aliphatic rings. The van der Waals surface area contributed by atoms with Gasteiger partial charge in [-0.15, -0.1) is 0 Å². The molecule has 48 heavy (non-hydrogen) atoms. The summed E-state index contributed by atoms with van der Waals surface area (Å²) in [5.41, 5.74) is 9.74. The van der Waals surface area contributed by atoms with Crippen molar-refractivity contribution in [1.82, 2.24) is 0 Å². The summed E-state index contributed by atoms with van der Waals surface area (Å²) < 4.78 is 6.41. The lowest BCUT2D eigenvalue weighted by Crippen LogP contribution is -2.14. The van der Waals surface area contributed by atoms with E-state index in [2.05, 4.69) is 159 Å². The van der Waals surface area contributed by atoms with Crippen molar-refractivity contribution in [3.63, 3.8) is 0 Å². The number of rotatable bonds is 2. The van der Waals surface area contributed by atoms with Crippen LogP contribution < -0.4 is 0 Å². The third-order valence-electron chi connectivity index (χ3n) is 11.2. The van der Waals surface area contributed by atoms with Crippen LogP contribution in [0, 0.1) is 0 Å². The molecule has 1 aliphatic carbocycles. The topological polar surface area (TPSA) is 13.1 Å². The second-order valence-electron chi connectivity index (χ2n) is 14.0. The largest absolute Gasteiger partial charge is 0.456 e. The van der Waals surface area contributed by atoms with Crippen molar-refractivity contribution in [3.8, 4) is 22.3 Å². The van der Waals surface area contributed by atoms with Gasteiger partial charge in [-0.05, 0) is 118 Å². The van der Waals surface area contributed by atoms with Gasteiger partial charge >= 0.3 is 0 Å². The van der Waals surface area contributed by atoms with Gasteiger partial charge in [-0.1, -0.05) is 129 Å². The van der Waals surface area contributed by atoms with E-state index in [4.69, 9.17) is 4.42 Å². The van der Waals surface area contributed by atoms with Crippen LogP contribution in [0.15, 0.2) is 150 Å². The van der Waals surface area contributed by atoms with Crippen LogP contribution >= 0.6 is 0 Å². The molecule has 0 fully saturated rings. The van der Waals surface area contributed by atoms with Crippen molar-refractivity contribution in [1.29, 1.82) is 0 Å². The van der Waals surface area contributed by atoms with Gasteiger partial charge in [0.05, 0.1) is 0 Å². The van der Waals surface area contributed by atoms with E-state index in [0.717, 1.165) is 21.9 Å². The summed E-state index contributed by atoms with van der Waals surface area (Å²) in [5.74, 6) is 0. The van der Waals surface area contributed by atoms with Crippen LogP contribution in [-0.4, -0.2) is 0 Å².